The quantitative estimate of drug-likeness (QED) is 0.121. The lowest BCUT2D eigenvalue weighted by Gasteiger charge is -2.23. The second kappa shape index (κ2) is 13.1. The minimum absolute atomic E-state index is 0.229. The number of anilines is 1. The molecule has 0 radical (unpaired) electrons. The predicted molar refractivity (Wildman–Crippen MR) is 180 cm³/mol. The maximum atomic E-state index is 14.2. The van der Waals surface area contributed by atoms with Crippen molar-refractivity contribution in [2.45, 2.75) is 36.2 Å². The molecule has 0 aliphatic rings. The highest BCUT2D eigenvalue weighted by atomic mass is 32.3. The van der Waals surface area contributed by atoms with Crippen molar-refractivity contribution in [3.05, 3.63) is 139 Å². The van der Waals surface area contributed by atoms with Crippen molar-refractivity contribution in [1.29, 1.82) is 0 Å². The van der Waals surface area contributed by atoms with Crippen molar-refractivity contribution in [1.82, 2.24) is 4.98 Å². The first kappa shape index (κ1) is 32.3. The molecule has 0 aliphatic carbocycles. The smallest absolute Gasteiger partial charge is 0.331 e. The molecule has 4 aromatic carbocycles. The zero-order valence-corrected chi connectivity index (χ0v) is 27.1. The van der Waals surface area contributed by atoms with Crippen LogP contribution in [0.4, 0.5) is 5.82 Å². The minimum atomic E-state index is -4.69. The summed E-state index contributed by atoms with van der Waals surface area (Å²) in [5, 5.41) is 0. The van der Waals surface area contributed by atoms with Gasteiger partial charge in [0.2, 0.25) is 0 Å². The Kier molecular flexibility index (Phi) is 9.22. The van der Waals surface area contributed by atoms with Gasteiger partial charge in [-0.3, -0.25) is 0 Å². The van der Waals surface area contributed by atoms with Crippen LogP contribution in [0.25, 0.3) is 28.3 Å². The minimum Gasteiger partial charge on any atom is -0.457 e. The number of benzene rings is 4. The molecule has 0 N–H and O–H groups in total. The fraction of sp³-hybridized carbons (Fsp3) is 0.111. The van der Waals surface area contributed by atoms with Crippen LogP contribution in [-0.4, -0.2) is 33.4 Å². The molecule has 0 spiro atoms. The van der Waals surface area contributed by atoms with E-state index >= 15 is 0 Å². The second-order valence-electron chi connectivity index (χ2n) is 11.3. The predicted octanol–water partition coefficient (Wildman–Crippen LogP) is 7.35. The van der Waals surface area contributed by atoms with Gasteiger partial charge in [0.05, 0.1) is 9.79 Å². The van der Waals surface area contributed by atoms with Gasteiger partial charge < -0.3 is 4.74 Å². The highest BCUT2D eigenvalue weighted by molar-refractivity contribution is 8.10. The normalized spacial score (nSPS) is 12.2. The Morgan fingerprint density at radius 1 is 0.630 bits per heavy atom. The molecule has 5 aromatic rings. The Labute approximate surface area is 269 Å². The van der Waals surface area contributed by atoms with E-state index in [2.05, 4.69) is 4.98 Å². The Hall–Kier alpha value is -5.06. The second-order valence-corrected chi connectivity index (χ2v) is 15.1. The van der Waals surface area contributed by atoms with Gasteiger partial charge in [-0.2, -0.15) is 16.8 Å². The first-order valence-electron chi connectivity index (χ1n) is 14.3. The number of ether oxygens (including phenoxy) is 1. The number of nitrogens with zero attached hydrogens (tertiary/aromatic N) is 2. The summed E-state index contributed by atoms with van der Waals surface area (Å²) in [5.74, 6) is -0.907. The first-order valence-corrected chi connectivity index (χ1v) is 17.2. The maximum absolute atomic E-state index is 14.2. The highest BCUT2D eigenvalue weighted by Gasteiger charge is 2.38. The van der Waals surface area contributed by atoms with Crippen LogP contribution in [-0.2, 0) is 29.6 Å². The summed E-state index contributed by atoms with van der Waals surface area (Å²) in [4.78, 5) is 15.9. The molecule has 0 fully saturated rings. The third-order valence-electron chi connectivity index (χ3n) is 6.73. The van der Waals surface area contributed by atoms with E-state index in [0.29, 0.717) is 9.27 Å². The SMILES string of the molecule is CC(C)(C)OC(=O)/C=C/c1ccc(N(S(=O)(=O)c2ccc(-c3ccccc3)cc2)S(=O)(=O)c2ccc(-c3ccccc3)cc2)nc1. The molecule has 10 heteroatoms. The molecule has 0 atom stereocenters. The molecule has 0 saturated carbocycles. The van der Waals surface area contributed by atoms with Gasteiger partial charge in [-0.15, -0.1) is 3.71 Å². The third-order valence-corrected chi connectivity index (χ3v) is 10.9. The summed E-state index contributed by atoms with van der Waals surface area (Å²) in [6.07, 6.45) is 3.95. The molecule has 0 saturated heterocycles. The van der Waals surface area contributed by atoms with Crippen LogP contribution in [0.3, 0.4) is 0 Å². The van der Waals surface area contributed by atoms with Crippen molar-refractivity contribution in [3.8, 4) is 22.3 Å². The van der Waals surface area contributed by atoms with Gasteiger partial charge in [-0.25, -0.2) is 9.78 Å². The summed E-state index contributed by atoms with van der Waals surface area (Å²) in [6, 6.07) is 33.5. The van der Waals surface area contributed by atoms with Crippen LogP contribution < -0.4 is 3.71 Å². The van der Waals surface area contributed by atoms with E-state index in [1.54, 1.807) is 45.0 Å². The van der Waals surface area contributed by atoms with Crippen LogP contribution in [0.5, 0.6) is 0 Å². The van der Waals surface area contributed by atoms with Crippen molar-refractivity contribution in [2.24, 2.45) is 0 Å². The van der Waals surface area contributed by atoms with Gasteiger partial charge in [-0.1, -0.05) is 84.9 Å². The average Bonchev–Trinajstić information content (AvgIpc) is 3.04. The van der Waals surface area contributed by atoms with Crippen LogP contribution in [0.15, 0.2) is 143 Å². The van der Waals surface area contributed by atoms with Gasteiger partial charge in [0.25, 0.3) is 20.0 Å². The number of carbonyl (C=O) groups excluding carboxylic acids is 1. The van der Waals surface area contributed by atoms with Crippen molar-refractivity contribution in [3.63, 3.8) is 0 Å². The van der Waals surface area contributed by atoms with Gasteiger partial charge in [0, 0.05) is 12.3 Å². The topological polar surface area (TPSA) is 111 Å². The Morgan fingerprint density at radius 2 is 1.07 bits per heavy atom. The molecule has 1 heterocycles. The summed E-state index contributed by atoms with van der Waals surface area (Å²) in [5.41, 5.74) is 3.06. The third kappa shape index (κ3) is 7.42. The Bertz CT molecular complexity index is 1940. The van der Waals surface area contributed by atoms with Gasteiger partial charge >= 0.3 is 5.97 Å². The average molecular weight is 653 g/mol. The number of pyridine rings is 1. The molecule has 8 nitrogen and oxygen atoms in total. The fourth-order valence-corrected chi connectivity index (χ4v) is 8.17. The van der Waals surface area contributed by atoms with Gasteiger partial charge in [-0.05, 0) is 91.1 Å². The van der Waals surface area contributed by atoms with Gasteiger partial charge in [0.15, 0.2) is 5.82 Å². The zero-order chi connectivity index (χ0) is 33.0. The number of sulfonamides is 2. The molecular formula is C36H32N2O6S2. The molecule has 0 aliphatic heterocycles. The van der Waals surface area contributed by atoms with Crippen molar-refractivity contribution >= 4 is 37.9 Å². The van der Waals surface area contributed by atoms with Crippen LogP contribution in [0.1, 0.15) is 26.3 Å². The molecule has 0 amide bonds. The fourth-order valence-electron chi connectivity index (χ4n) is 4.57. The maximum Gasteiger partial charge on any atom is 0.331 e. The number of aromatic nitrogens is 1. The molecule has 0 unspecified atom stereocenters. The summed E-state index contributed by atoms with van der Waals surface area (Å²) >= 11 is 0. The Balaban J connectivity index is 1.54. The van der Waals surface area contributed by atoms with Crippen LogP contribution in [0, 0.1) is 0 Å². The molecule has 0 bridgehead atoms. The number of esters is 1. The largest absolute Gasteiger partial charge is 0.457 e. The standard InChI is InChI=1S/C36H32N2O6S2/c1-36(2,3)44-35(39)25-15-27-14-24-34(37-26-27)38(45(40,41)32-20-16-30(17-21-32)28-10-6-4-7-11-28)46(42,43)33-22-18-31(19-23-33)29-12-8-5-9-13-29/h4-26H,1-3H3/b25-15+. The Morgan fingerprint density at radius 3 is 1.46 bits per heavy atom. The van der Waals surface area contributed by atoms with E-state index in [9.17, 15) is 21.6 Å². The van der Waals surface area contributed by atoms with Crippen molar-refractivity contribution < 1.29 is 26.4 Å². The summed E-state index contributed by atoms with van der Waals surface area (Å²) in [6.45, 7) is 5.24. The van der Waals surface area contributed by atoms with E-state index in [0.717, 1.165) is 22.3 Å². The van der Waals surface area contributed by atoms with E-state index in [-0.39, 0.29) is 15.6 Å². The van der Waals surface area contributed by atoms with Crippen LogP contribution in [0.2, 0.25) is 0 Å². The lowest BCUT2D eigenvalue weighted by atomic mass is 10.1. The lowest BCUT2D eigenvalue weighted by Crippen LogP contribution is -2.37. The molecule has 46 heavy (non-hydrogen) atoms. The van der Waals surface area contributed by atoms with E-state index < -0.39 is 31.6 Å². The van der Waals surface area contributed by atoms with E-state index in [4.69, 9.17) is 4.74 Å². The molecule has 5 rings (SSSR count). The molecular weight excluding hydrogens is 621 g/mol. The van der Waals surface area contributed by atoms with Gasteiger partial charge in [0.1, 0.15) is 5.60 Å². The highest BCUT2D eigenvalue weighted by Crippen LogP contribution is 2.32. The van der Waals surface area contributed by atoms with Crippen LogP contribution >= 0.6 is 0 Å². The summed E-state index contributed by atoms with van der Waals surface area (Å²) in [7, 11) is -9.38. The number of rotatable bonds is 9. The van der Waals surface area contributed by atoms with Crippen molar-refractivity contribution in [2.75, 3.05) is 3.71 Å². The van der Waals surface area contributed by atoms with E-state index in [1.165, 1.54) is 54.7 Å². The summed E-state index contributed by atoms with van der Waals surface area (Å²) < 4.78 is 62.2. The molecule has 234 valence electrons. The first-order chi connectivity index (χ1) is 21.8. The number of hydrogen-bond donors (Lipinski definition) is 0. The monoisotopic (exact) mass is 652 g/mol. The zero-order valence-electron chi connectivity index (χ0n) is 25.4. The number of hydrogen-bond acceptors (Lipinski definition) is 7. The van der Waals surface area contributed by atoms with E-state index in [1.807, 2.05) is 60.7 Å². The number of carbonyl (C=O) groups is 1. The lowest BCUT2D eigenvalue weighted by molar-refractivity contribution is -0.148. The molecule has 1 aromatic heterocycles.